The van der Waals surface area contributed by atoms with Crippen LogP contribution in [-0.4, -0.2) is 11.5 Å². The molecule has 0 bridgehead atoms. The van der Waals surface area contributed by atoms with Gasteiger partial charge in [-0.15, -0.1) is 0 Å². The van der Waals surface area contributed by atoms with E-state index in [-0.39, 0.29) is 0 Å². The second kappa shape index (κ2) is 4.52. The van der Waals surface area contributed by atoms with Crippen molar-refractivity contribution in [3.05, 3.63) is 23.9 Å². The van der Waals surface area contributed by atoms with Crippen molar-refractivity contribution in [2.24, 2.45) is 5.41 Å². The molecule has 0 saturated heterocycles. The van der Waals surface area contributed by atoms with Crippen LogP contribution in [0.4, 0.5) is 5.82 Å². The van der Waals surface area contributed by atoms with Crippen LogP contribution >= 0.6 is 0 Å². The summed E-state index contributed by atoms with van der Waals surface area (Å²) in [6.07, 6.45) is 6.93. The number of aromatic nitrogens is 1. The molecule has 0 aliphatic heterocycles. The van der Waals surface area contributed by atoms with Crippen molar-refractivity contribution in [3.63, 3.8) is 0 Å². The molecule has 1 saturated carbocycles. The molecule has 0 amide bonds. The predicted octanol–water partition coefficient (Wildman–Crippen LogP) is 2.95. The summed E-state index contributed by atoms with van der Waals surface area (Å²) in [5, 5.41) is 12.1. The fourth-order valence-electron chi connectivity index (χ4n) is 2.31. The van der Waals surface area contributed by atoms with Gasteiger partial charge in [0.25, 0.3) is 0 Å². The smallest absolute Gasteiger partial charge is 0.127 e. The SMILES string of the molecule is CC1(CNc2cc(C#N)ccn2)CCCC1. The van der Waals surface area contributed by atoms with E-state index in [9.17, 15) is 0 Å². The normalized spacial score (nSPS) is 18.0. The van der Waals surface area contributed by atoms with E-state index in [0.717, 1.165) is 12.4 Å². The summed E-state index contributed by atoms with van der Waals surface area (Å²) in [5.41, 5.74) is 1.07. The Labute approximate surface area is 96.5 Å². The molecule has 84 valence electrons. The molecular formula is C13H17N3. The highest BCUT2D eigenvalue weighted by atomic mass is 15.0. The summed E-state index contributed by atoms with van der Waals surface area (Å²) >= 11 is 0. The van der Waals surface area contributed by atoms with Gasteiger partial charge in [0.05, 0.1) is 11.6 Å². The van der Waals surface area contributed by atoms with Crippen molar-refractivity contribution < 1.29 is 0 Å². The first-order valence-electron chi connectivity index (χ1n) is 5.82. The van der Waals surface area contributed by atoms with Crippen molar-refractivity contribution in [2.75, 3.05) is 11.9 Å². The molecular weight excluding hydrogens is 198 g/mol. The third kappa shape index (κ3) is 2.52. The molecule has 0 radical (unpaired) electrons. The van der Waals surface area contributed by atoms with Crippen LogP contribution < -0.4 is 5.32 Å². The third-order valence-electron chi connectivity index (χ3n) is 3.40. The van der Waals surface area contributed by atoms with Gasteiger partial charge in [0, 0.05) is 12.7 Å². The summed E-state index contributed by atoms with van der Waals surface area (Å²) in [7, 11) is 0. The summed E-state index contributed by atoms with van der Waals surface area (Å²) in [6.45, 7) is 3.27. The minimum absolute atomic E-state index is 0.407. The summed E-state index contributed by atoms with van der Waals surface area (Å²) in [4.78, 5) is 4.22. The largest absolute Gasteiger partial charge is 0.369 e. The van der Waals surface area contributed by atoms with Crippen molar-refractivity contribution >= 4 is 5.82 Å². The van der Waals surface area contributed by atoms with Crippen LogP contribution in [0.5, 0.6) is 0 Å². The molecule has 3 heteroatoms. The highest BCUT2D eigenvalue weighted by Crippen LogP contribution is 2.37. The third-order valence-corrected chi connectivity index (χ3v) is 3.40. The lowest BCUT2D eigenvalue weighted by Crippen LogP contribution is -2.23. The van der Waals surface area contributed by atoms with Gasteiger partial charge in [0.1, 0.15) is 5.82 Å². The molecule has 1 N–H and O–H groups in total. The monoisotopic (exact) mass is 215 g/mol. The Morgan fingerprint density at radius 3 is 2.94 bits per heavy atom. The highest BCUT2D eigenvalue weighted by Gasteiger charge is 2.28. The van der Waals surface area contributed by atoms with E-state index >= 15 is 0 Å². The number of nitrogens with one attached hydrogen (secondary N) is 1. The van der Waals surface area contributed by atoms with E-state index in [1.807, 2.05) is 0 Å². The van der Waals surface area contributed by atoms with Crippen LogP contribution in [0.15, 0.2) is 18.3 Å². The molecule has 16 heavy (non-hydrogen) atoms. The number of rotatable bonds is 3. The fourth-order valence-corrected chi connectivity index (χ4v) is 2.31. The first-order valence-corrected chi connectivity index (χ1v) is 5.82. The van der Waals surface area contributed by atoms with Crippen molar-refractivity contribution in [2.45, 2.75) is 32.6 Å². The average Bonchev–Trinajstić information content (AvgIpc) is 2.75. The van der Waals surface area contributed by atoms with Crippen LogP contribution in [0, 0.1) is 16.7 Å². The molecule has 0 aromatic carbocycles. The lowest BCUT2D eigenvalue weighted by atomic mass is 9.89. The van der Waals surface area contributed by atoms with E-state index in [1.165, 1.54) is 25.7 Å². The highest BCUT2D eigenvalue weighted by molar-refractivity contribution is 5.42. The molecule has 0 atom stereocenters. The molecule has 1 aromatic rings. The van der Waals surface area contributed by atoms with E-state index in [4.69, 9.17) is 5.26 Å². The molecule has 1 fully saturated rings. The number of hydrogen-bond donors (Lipinski definition) is 1. The van der Waals surface area contributed by atoms with E-state index < -0.39 is 0 Å². The van der Waals surface area contributed by atoms with Gasteiger partial charge in [-0.3, -0.25) is 0 Å². The number of pyridine rings is 1. The van der Waals surface area contributed by atoms with Gasteiger partial charge < -0.3 is 5.32 Å². The van der Waals surface area contributed by atoms with E-state index in [2.05, 4.69) is 23.3 Å². The minimum atomic E-state index is 0.407. The molecule has 0 unspecified atom stereocenters. The molecule has 3 nitrogen and oxygen atoms in total. The number of nitriles is 1. The topological polar surface area (TPSA) is 48.7 Å². The van der Waals surface area contributed by atoms with Gasteiger partial charge in [-0.1, -0.05) is 19.8 Å². The van der Waals surface area contributed by atoms with E-state index in [0.29, 0.717) is 11.0 Å². The standard InChI is InChI=1S/C13H17N3/c1-13(5-2-3-6-13)10-16-12-8-11(9-14)4-7-15-12/h4,7-8H,2-3,5-6,10H2,1H3,(H,15,16). The Kier molecular flexibility index (Phi) is 3.09. The van der Waals surface area contributed by atoms with Gasteiger partial charge in [-0.2, -0.15) is 5.26 Å². The Morgan fingerprint density at radius 2 is 2.25 bits per heavy atom. The molecule has 1 aromatic heterocycles. The number of hydrogen-bond acceptors (Lipinski definition) is 3. The number of nitrogens with zero attached hydrogens (tertiary/aromatic N) is 2. The Hall–Kier alpha value is -1.56. The van der Waals surface area contributed by atoms with Crippen LogP contribution in [0.2, 0.25) is 0 Å². The lowest BCUT2D eigenvalue weighted by molar-refractivity contribution is 0.361. The minimum Gasteiger partial charge on any atom is -0.369 e. The maximum atomic E-state index is 8.79. The Bertz CT molecular complexity index is 400. The van der Waals surface area contributed by atoms with Gasteiger partial charge >= 0.3 is 0 Å². The Balaban J connectivity index is 1.96. The van der Waals surface area contributed by atoms with Crippen molar-refractivity contribution in [1.29, 1.82) is 5.26 Å². The summed E-state index contributed by atoms with van der Waals surface area (Å²) < 4.78 is 0. The van der Waals surface area contributed by atoms with Crippen LogP contribution in [0.3, 0.4) is 0 Å². The predicted molar refractivity (Wildman–Crippen MR) is 64.0 cm³/mol. The van der Waals surface area contributed by atoms with Crippen LogP contribution in [0.1, 0.15) is 38.2 Å². The van der Waals surface area contributed by atoms with Crippen LogP contribution in [-0.2, 0) is 0 Å². The zero-order valence-electron chi connectivity index (χ0n) is 9.66. The van der Waals surface area contributed by atoms with Crippen LogP contribution in [0.25, 0.3) is 0 Å². The van der Waals surface area contributed by atoms with Gasteiger partial charge in [-0.25, -0.2) is 4.98 Å². The molecule has 2 rings (SSSR count). The summed E-state index contributed by atoms with van der Waals surface area (Å²) in [5.74, 6) is 0.812. The zero-order chi connectivity index (χ0) is 11.4. The van der Waals surface area contributed by atoms with Gasteiger partial charge in [0.15, 0.2) is 0 Å². The van der Waals surface area contributed by atoms with Crippen molar-refractivity contribution in [3.8, 4) is 6.07 Å². The zero-order valence-corrected chi connectivity index (χ0v) is 9.66. The number of anilines is 1. The van der Waals surface area contributed by atoms with Crippen molar-refractivity contribution in [1.82, 2.24) is 4.98 Å². The Morgan fingerprint density at radius 1 is 1.50 bits per heavy atom. The second-order valence-corrected chi connectivity index (χ2v) is 4.91. The molecule has 0 spiro atoms. The fraction of sp³-hybridized carbons (Fsp3) is 0.538. The second-order valence-electron chi connectivity index (χ2n) is 4.91. The maximum Gasteiger partial charge on any atom is 0.127 e. The van der Waals surface area contributed by atoms with E-state index in [1.54, 1.807) is 18.3 Å². The van der Waals surface area contributed by atoms with Gasteiger partial charge in [-0.05, 0) is 30.4 Å². The summed E-state index contributed by atoms with van der Waals surface area (Å²) in [6, 6.07) is 5.65. The molecule has 1 aliphatic carbocycles. The van der Waals surface area contributed by atoms with Gasteiger partial charge in [0.2, 0.25) is 0 Å². The first kappa shape index (κ1) is 10.9. The molecule has 1 aliphatic rings. The maximum absolute atomic E-state index is 8.79. The first-order chi connectivity index (χ1) is 7.72. The quantitative estimate of drug-likeness (QED) is 0.843. The lowest BCUT2D eigenvalue weighted by Gasteiger charge is -2.23. The molecule has 1 heterocycles. The average molecular weight is 215 g/mol.